The lowest BCUT2D eigenvalue weighted by molar-refractivity contribution is 0.101. The van der Waals surface area contributed by atoms with E-state index in [1.54, 1.807) is 6.92 Å². The van der Waals surface area contributed by atoms with Crippen LogP contribution in [0.3, 0.4) is 0 Å². The van der Waals surface area contributed by atoms with Crippen molar-refractivity contribution in [3.8, 4) is 0 Å². The number of nitrogens with one attached hydrogen (secondary N) is 1. The third-order valence-electron chi connectivity index (χ3n) is 2.04. The average molecular weight is 238 g/mol. The zero-order valence-corrected chi connectivity index (χ0v) is 8.68. The summed E-state index contributed by atoms with van der Waals surface area (Å²) in [6.07, 6.45) is 1.84. The summed E-state index contributed by atoms with van der Waals surface area (Å²) in [5.74, 6) is 0.0833. The number of halogens is 1. The lowest BCUT2D eigenvalue weighted by Gasteiger charge is -1.97. The molecule has 0 saturated carbocycles. The van der Waals surface area contributed by atoms with Crippen molar-refractivity contribution in [1.29, 1.82) is 0 Å². The number of carbonyl (C=O) groups excluding carboxylic acids is 1. The van der Waals surface area contributed by atoms with E-state index in [9.17, 15) is 4.79 Å². The van der Waals surface area contributed by atoms with Crippen LogP contribution in [0, 0.1) is 0 Å². The zero-order chi connectivity index (χ0) is 9.42. The summed E-state index contributed by atoms with van der Waals surface area (Å²) in [5, 5.41) is 1.05. The predicted molar refractivity (Wildman–Crippen MR) is 56.0 cm³/mol. The molecule has 1 aromatic carbocycles. The average Bonchev–Trinajstić information content (AvgIpc) is 2.48. The summed E-state index contributed by atoms with van der Waals surface area (Å²) in [6.45, 7) is 1.57. The molecule has 0 atom stereocenters. The molecule has 2 nitrogen and oxygen atoms in total. The Hall–Kier alpha value is -1.09. The van der Waals surface area contributed by atoms with Gasteiger partial charge in [-0.15, -0.1) is 0 Å². The van der Waals surface area contributed by atoms with E-state index in [0.717, 1.165) is 20.9 Å². The Labute approximate surface area is 84.1 Å². The topological polar surface area (TPSA) is 32.9 Å². The molecule has 0 fully saturated rings. The van der Waals surface area contributed by atoms with Crippen LogP contribution in [0.1, 0.15) is 17.3 Å². The van der Waals surface area contributed by atoms with E-state index in [1.165, 1.54) is 0 Å². The van der Waals surface area contributed by atoms with Crippen LogP contribution >= 0.6 is 15.9 Å². The third-order valence-corrected chi connectivity index (χ3v) is 2.70. The summed E-state index contributed by atoms with van der Waals surface area (Å²) < 4.78 is 0.991. The normalized spacial score (nSPS) is 10.6. The first-order valence-electron chi connectivity index (χ1n) is 3.96. The lowest BCUT2D eigenvalue weighted by atomic mass is 10.1. The first-order valence-corrected chi connectivity index (χ1v) is 4.76. The molecule has 2 aromatic rings. The number of ketones is 1. The number of rotatable bonds is 1. The summed E-state index contributed by atoms with van der Waals surface area (Å²) in [5.41, 5.74) is 1.64. The zero-order valence-electron chi connectivity index (χ0n) is 7.10. The van der Waals surface area contributed by atoms with Crippen LogP contribution in [0.5, 0.6) is 0 Å². The van der Waals surface area contributed by atoms with Crippen LogP contribution in [0.25, 0.3) is 10.9 Å². The number of Topliss-reactive ketones (excluding diaryl/α,β-unsaturated/α-hetero) is 1. The molecule has 0 saturated heterocycles. The first-order chi connectivity index (χ1) is 6.20. The fraction of sp³-hybridized carbons (Fsp3) is 0.100. The Balaban J connectivity index is 2.84. The molecule has 0 aliphatic heterocycles. The summed E-state index contributed by atoms with van der Waals surface area (Å²) >= 11 is 3.41. The van der Waals surface area contributed by atoms with Crippen molar-refractivity contribution < 1.29 is 4.79 Å². The van der Waals surface area contributed by atoms with Gasteiger partial charge in [-0.25, -0.2) is 0 Å². The molecule has 0 spiro atoms. The molecule has 0 aliphatic rings. The van der Waals surface area contributed by atoms with E-state index in [-0.39, 0.29) is 5.78 Å². The van der Waals surface area contributed by atoms with Crippen molar-refractivity contribution in [3.63, 3.8) is 0 Å². The standard InChI is InChI=1S/C10H8BrNO/c1-6(13)7-3-2-4-8-9(11)5-12-10(7)8/h2-5,12H,1H3. The van der Waals surface area contributed by atoms with E-state index < -0.39 is 0 Å². The number of carbonyl (C=O) groups is 1. The number of para-hydroxylation sites is 1. The number of hydrogen-bond acceptors (Lipinski definition) is 1. The molecule has 0 bridgehead atoms. The monoisotopic (exact) mass is 237 g/mol. The van der Waals surface area contributed by atoms with Gasteiger partial charge in [-0.2, -0.15) is 0 Å². The van der Waals surface area contributed by atoms with Crippen molar-refractivity contribution in [1.82, 2.24) is 4.98 Å². The maximum absolute atomic E-state index is 11.2. The molecule has 1 N–H and O–H groups in total. The molecule has 3 heteroatoms. The lowest BCUT2D eigenvalue weighted by Crippen LogP contribution is -1.92. The second-order valence-corrected chi connectivity index (χ2v) is 3.78. The Morgan fingerprint density at radius 1 is 1.46 bits per heavy atom. The molecule has 13 heavy (non-hydrogen) atoms. The van der Waals surface area contributed by atoms with Crippen LogP contribution in [-0.2, 0) is 0 Å². The van der Waals surface area contributed by atoms with Gasteiger partial charge in [-0.3, -0.25) is 4.79 Å². The van der Waals surface area contributed by atoms with Gasteiger partial charge in [0, 0.05) is 21.6 Å². The number of benzene rings is 1. The molecule has 2 rings (SSSR count). The van der Waals surface area contributed by atoms with E-state index in [2.05, 4.69) is 20.9 Å². The number of aromatic nitrogens is 1. The molecule has 1 heterocycles. The second-order valence-electron chi connectivity index (χ2n) is 2.92. The van der Waals surface area contributed by atoms with E-state index >= 15 is 0 Å². The van der Waals surface area contributed by atoms with Crippen molar-refractivity contribution in [3.05, 3.63) is 34.4 Å². The Kier molecular flexibility index (Phi) is 1.96. The number of aromatic amines is 1. The first kappa shape index (κ1) is 8.51. The van der Waals surface area contributed by atoms with Crippen molar-refractivity contribution in [2.75, 3.05) is 0 Å². The van der Waals surface area contributed by atoms with Crippen LogP contribution in [0.2, 0.25) is 0 Å². The molecular formula is C10H8BrNO. The van der Waals surface area contributed by atoms with Gasteiger partial charge in [0.15, 0.2) is 5.78 Å². The Morgan fingerprint density at radius 2 is 2.23 bits per heavy atom. The van der Waals surface area contributed by atoms with Crippen LogP contribution in [0.15, 0.2) is 28.9 Å². The van der Waals surface area contributed by atoms with Crippen LogP contribution in [0.4, 0.5) is 0 Å². The SMILES string of the molecule is CC(=O)c1cccc2c(Br)c[nH]c12. The Morgan fingerprint density at radius 3 is 2.92 bits per heavy atom. The maximum atomic E-state index is 11.2. The summed E-state index contributed by atoms with van der Waals surface area (Å²) in [7, 11) is 0. The summed E-state index contributed by atoms with van der Waals surface area (Å²) in [4.78, 5) is 14.3. The predicted octanol–water partition coefficient (Wildman–Crippen LogP) is 3.13. The van der Waals surface area contributed by atoms with E-state index in [1.807, 2.05) is 24.4 Å². The van der Waals surface area contributed by atoms with E-state index in [0.29, 0.717) is 0 Å². The highest BCUT2D eigenvalue weighted by Crippen LogP contribution is 2.25. The van der Waals surface area contributed by atoms with Crippen molar-refractivity contribution in [2.24, 2.45) is 0 Å². The van der Waals surface area contributed by atoms with Gasteiger partial charge in [-0.05, 0) is 28.9 Å². The third kappa shape index (κ3) is 1.29. The van der Waals surface area contributed by atoms with E-state index in [4.69, 9.17) is 0 Å². The molecule has 0 unspecified atom stereocenters. The van der Waals surface area contributed by atoms with Gasteiger partial charge in [0.05, 0.1) is 5.52 Å². The Bertz CT molecular complexity index is 473. The molecule has 1 aromatic heterocycles. The molecular weight excluding hydrogens is 230 g/mol. The van der Waals surface area contributed by atoms with Crippen LogP contribution < -0.4 is 0 Å². The van der Waals surface area contributed by atoms with Gasteiger partial charge in [0.25, 0.3) is 0 Å². The molecule has 0 amide bonds. The molecule has 66 valence electrons. The molecule has 0 aliphatic carbocycles. The largest absolute Gasteiger partial charge is 0.359 e. The van der Waals surface area contributed by atoms with Gasteiger partial charge in [0.1, 0.15) is 0 Å². The van der Waals surface area contributed by atoms with Crippen molar-refractivity contribution >= 4 is 32.6 Å². The minimum Gasteiger partial charge on any atom is -0.359 e. The smallest absolute Gasteiger partial charge is 0.161 e. The summed E-state index contributed by atoms with van der Waals surface area (Å²) in [6, 6.07) is 5.69. The van der Waals surface area contributed by atoms with Gasteiger partial charge >= 0.3 is 0 Å². The quantitative estimate of drug-likeness (QED) is 0.760. The number of fused-ring (bicyclic) bond motifs is 1. The minimum atomic E-state index is 0.0833. The second kappa shape index (κ2) is 3.00. The van der Waals surface area contributed by atoms with Crippen LogP contribution in [-0.4, -0.2) is 10.8 Å². The number of H-pyrrole nitrogens is 1. The maximum Gasteiger partial charge on any atom is 0.161 e. The minimum absolute atomic E-state index is 0.0833. The highest BCUT2D eigenvalue weighted by Gasteiger charge is 2.07. The van der Waals surface area contributed by atoms with Crippen molar-refractivity contribution in [2.45, 2.75) is 6.92 Å². The number of hydrogen-bond donors (Lipinski definition) is 1. The van der Waals surface area contributed by atoms with Gasteiger partial charge < -0.3 is 4.98 Å². The van der Waals surface area contributed by atoms with Gasteiger partial charge in [0.2, 0.25) is 0 Å². The molecule has 0 radical (unpaired) electrons. The van der Waals surface area contributed by atoms with Gasteiger partial charge in [-0.1, -0.05) is 12.1 Å². The fourth-order valence-corrected chi connectivity index (χ4v) is 1.86. The fourth-order valence-electron chi connectivity index (χ4n) is 1.41. The highest BCUT2D eigenvalue weighted by molar-refractivity contribution is 9.10. The highest BCUT2D eigenvalue weighted by atomic mass is 79.9.